The summed E-state index contributed by atoms with van der Waals surface area (Å²) in [4.78, 5) is 44.7. The molecule has 0 heterocycles. The average Bonchev–Trinajstić information content (AvgIpc) is 3.07. The van der Waals surface area contributed by atoms with Gasteiger partial charge in [0.15, 0.2) is 0 Å². The molecular formula is C38H38F6N2O9. The van der Waals surface area contributed by atoms with Gasteiger partial charge in [-0.2, -0.15) is 26.3 Å². The Balaban J connectivity index is 0.000000302. The first-order valence-electron chi connectivity index (χ1n) is 15.9. The molecule has 0 aliphatic rings. The zero-order valence-electron chi connectivity index (χ0n) is 30.1. The lowest BCUT2D eigenvalue weighted by Crippen LogP contribution is -2.23. The minimum absolute atomic E-state index is 0.0347. The number of rotatable bonds is 9. The van der Waals surface area contributed by atoms with E-state index in [1.807, 2.05) is 20.8 Å². The molecule has 55 heavy (non-hydrogen) atoms. The van der Waals surface area contributed by atoms with E-state index in [0.29, 0.717) is 11.3 Å². The summed E-state index contributed by atoms with van der Waals surface area (Å²) in [5.74, 6) is -3.32. The van der Waals surface area contributed by atoms with Gasteiger partial charge in [0.25, 0.3) is 0 Å². The van der Waals surface area contributed by atoms with Crippen LogP contribution in [0.25, 0.3) is 0 Å². The van der Waals surface area contributed by atoms with Gasteiger partial charge in [-0.05, 0) is 105 Å². The Bertz CT molecular complexity index is 1940. The van der Waals surface area contributed by atoms with Crippen LogP contribution in [0.2, 0.25) is 0 Å². The number of esters is 1. The summed E-state index contributed by atoms with van der Waals surface area (Å²) in [6.07, 6.45) is -10.4. The van der Waals surface area contributed by atoms with Crippen LogP contribution in [-0.4, -0.2) is 53.8 Å². The van der Waals surface area contributed by atoms with Gasteiger partial charge in [-0.1, -0.05) is 12.1 Å². The van der Waals surface area contributed by atoms with Crippen LogP contribution >= 0.6 is 0 Å². The van der Waals surface area contributed by atoms with Crippen LogP contribution in [0.1, 0.15) is 63.7 Å². The molecule has 0 aromatic heterocycles. The molecule has 0 bridgehead atoms. The van der Waals surface area contributed by atoms with E-state index in [0.717, 1.165) is 18.2 Å². The maximum Gasteiger partial charge on any atom is 0.416 e. The average molecular weight is 781 g/mol. The molecule has 0 unspecified atom stereocenters. The van der Waals surface area contributed by atoms with E-state index in [9.17, 15) is 45.5 Å². The quantitative estimate of drug-likeness (QED) is 0.0737. The Morgan fingerprint density at radius 3 is 1.47 bits per heavy atom. The van der Waals surface area contributed by atoms with Gasteiger partial charge in [0.05, 0.1) is 49.3 Å². The fourth-order valence-electron chi connectivity index (χ4n) is 4.39. The standard InChI is InChI=1S/C17H14F3NO4.C11H15NO2.C10H9F3O3/c1-25-13-7-4-11(14(9-13)17(18,19)20)8-15(22)21-12-5-2-10(3-6-12)16(23)24;1-11(2,3)14-10(13)8-4-6-9(12)7-5-8;1-16-7-3-2-6(4-9(14)15)8(5-7)10(11,12)13/h2-7,9H,8H2,1H3,(H,21,22)(H,23,24);4-7H,12H2,1-3H3;2-3,5H,4H2,1H3,(H,14,15). The molecule has 1 amide bonds. The fraction of sp³-hybridized carbons (Fsp3) is 0.263. The van der Waals surface area contributed by atoms with Crippen molar-refractivity contribution in [2.24, 2.45) is 0 Å². The molecule has 0 saturated heterocycles. The Morgan fingerprint density at radius 2 is 1.09 bits per heavy atom. The van der Waals surface area contributed by atoms with Gasteiger partial charge in [0.2, 0.25) is 5.91 Å². The lowest BCUT2D eigenvalue weighted by atomic mass is 10.0. The van der Waals surface area contributed by atoms with E-state index < -0.39 is 59.8 Å². The molecule has 296 valence electrons. The van der Waals surface area contributed by atoms with Crippen LogP contribution in [0.3, 0.4) is 0 Å². The second-order valence-corrected chi connectivity index (χ2v) is 12.3. The number of nitrogens with two attached hydrogens (primary N) is 1. The molecule has 4 aromatic carbocycles. The van der Waals surface area contributed by atoms with Crippen molar-refractivity contribution >= 4 is 35.2 Å². The number of carbonyl (C=O) groups is 4. The summed E-state index contributed by atoms with van der Waals surface area (Å²) in [7, 11) is 2.50. The van der Waals surface area contributed by atoms with Crippen molar-refractivity contribution in [3.8, 4) is 11.5 Å². The highest BCUT2D eigenvalue weighted by Gasteiger charge is 2.35. The third-order valence-corrected chi connectivity index (χ3v) is 6.90. The molecule has 0 saturated carbocycles. The summed E-state index contributed by atoms with van der Waals surface area (Å²) in [6, 6.07) is 18.5. The molecule has 11 nitrogen and oxygen atoms in total. The first-order valence-corrected chi connectivity index (χ1v) is 15.9. The highest BCUT2D eigenvalue weighted by Crippen LogP contribution is 2.36. The largest absolute Gasteiger partial charge is 0.497 e. The zero-order chi connectivity index (χ0) is 41.7. The highest BCUT2D eigenvalue weighted by atomic mass is 19.4. The normalized spacial score (nSPS) is 11.1. The second-order valence-electron chi connectivity index (χ2n) is 12.3. The SMILES string of the molecule is CC(C)(C)OC(=O)c1ccc(N)cc1.COc1ccc(CC(=O)Nc2ccc(C(=O)O)cc2)c(C(F)(F)F)c1.COc1ccc(CC(=O)O)c(C(F)(F)F)c1. The summed E-state index contributed by atoms with van der Waals surface area (Å²) < 4.78 is 91.7. The molecule has 0 atom stereocenters. The van der Waals surface area contributed by atoms with Gasteiger partial charge in [0.1, 0.15) is 17.1 Å². The van der Waals surface area contributed by atoms with Crippen LogP contribution in [0.5, 0.6) is 11.5 Å². The second kappa shape index (κ2) is 19.2. The Hall–Kier alpha value is -6.26. The third-order valence-electron chi connectivity index (χ3n) is 6.90. The number of ether oxygens (including phenoxy) is 3. The number of carbonyl (C=O) groups excluding carboxylic acids is 2. The van der Waals surface area contributed by atoms with Gasteiger partial charge >= 0.3 is 30.3 Å². The van der Waals surface area contributed by atoms with Crippen molar-refractivity contribution < 1.29 is 69.9 Å². The molecule has 0 spiro atoms. The predicted octanol–water partition coefficient (Wildman–Crippen LogP) is 8.16. The lowest BCUT2D eigenvalue weighted by Gasteiger charge is -2.19. The number of anilines is 2. The first-order chi connectivity index (χ1) is 25.4. The first kappa shape index (κ1) is 44.9. The Morgan fingerprint density at radius 1 is 0.655 bits per heavy atom. The summed E-state index contributed by atoms with van der Waals surface area (Å²) in [6.45, 7) is 5.51. The summed E-state index contributed by atoms with van der Waals surface area (Å²) >= 11 is 0. The smallest absolute Gasteiger partial charge is 0.416 e. The van der Waals surface area contributed by atoms with Gasteiger partial charge in [0, 0.05) is 11.4 Å². The Kier molecular flexibility index (Phi) is 15.7. The molecule has 4 rings (SSSR count). The fourth-order valence-corrected chi connectivity index (χ4v) is 4.39. The highest BCUT2D eigenvalue weighted by molar-refractivity contribution is 5.94. The van der Waals surface area contributed by atoms with Gasteiger partial charge in [-0.15, -0.1) is 0 Å². The van der Waals surface area contributed by atoms with E-state index in [2.05, 4.69) is 10.1 Å². The molecule has 0 fully saturated rings. The minimum atomic E-state index is -4.62. The molecule has 5 N–H and O–H groups in total. The van der Waals surface area contributed by atoms with E-state index >= 15 is 0 Å². The van der Waals surface area contributed by atoms with E-state index in [-0.39, 0.29) is 39.8 Å². The molecule has 0 aliphatic heterocycles. The third kappa shape index (κ3) is 15.3. The number of hydrogen-bond acceptors (Lipinski definition) is 8. The van der Waals surface area contributed by atoms with Crippen LogP contribution in [-0.2, 0) is 39.5 Å². The van der Waals surface area contributed by atoms with E-state index in [1.165, 1.54) is 56.7 Å². The number of aromatic carboxylic acids is 1. The number of methoxy groups -OCH3 is 2. The number of nitrogen functional groups attached to an aromatic ring is 1. The number of alkyl halides is 6. The van der Waals surface area contributed by atoms with Gasteiger partial charge in [-0.25, -0.2) is 9.59 Å². The van der Waals surface area contributed by atoms with Gasteiger partial charge in [-0.3, -0.25) is 9.59 Å². The van der Waals surface area contributed by atoms with Crippen LogP contribution in [0.15, 0.2) is 84.9 Å². The number of aliphatic carboxylic acids is 1. The molecular weight excluding hydrogens is 742 g/mol. The summed E-state index contributed by atoms with van der Waals surface area (Å²) in [5.41, 5.74) is 4.14. The van der Waals surface area contributed by atoms with Crippen LogP contribution < -0.4 is 20.5 Å². The maximum absolute atomic E-state index is 13.1. The van der Waals surface area contributed by atoms with Crippen molar-refractivity contribution in [2.45, 2.75) is 51.6 Å². The van der Waals surface area contributed by atoms with E-state index in [4.69, 9.17) is 25.4 Å². The Labute approximate surface area is 311 Å². The topological polar surface area (TPSA) is 174 Å². The number of carboxylic acid groups (broad SMARTS) is 2. The lowest BCUT2D eigenvalue weighted by molar-refractivity contribution is -0.140. The number of hydrogen-bond donors (Lipinski definition) is 4. The number of nitrogens with one attached hydrogen (secondary N) is 1. The maximum atomic E-state index is 13.1. The van der Waals surface area contributed by atoms with E-state index in [1.54, 1.807) is 24.3 Å². The van der Waals surface area contributed by atoms with Crippen molar-refractivity contribution in [3.05, 3.63) is 118 Å². The number of benzene rings is 4. The van der Waals surface area contributed by atoms with Crippen LogP contribution in [0.4, 0.5) is 37.7 Å². The van der Waals surface area contributed by atoms with Crippen molar-refractivity contribution in [2.75, 3.05) is 25.3 Å². The number of halogens is 6. The monoisotopic (exact) mass is 780 g/mol. The van der Waals surface area contributed by atoms with Crippen molar-refractivity contribution in [1.82, 2.24) is 0 Å². The minimum Gasteiger partial charge on any atom is -0.497 e. The van der Waals surface area contributed by atoms with Gasteiger partial charge < -0.3 is 35.5 Å². The zero-order valence-corrected chi connectivity index (χ0v) is 30.1. The molecule has 17 heteroatoms. The molecule has 4 aromatic rings. The number of amides is 1. The van der Waals surface area contributed by atoms with Crippen LogP contribution in [0, 0.1) is 0 Å². The predicted molar refractivity (Wildman–Crippen MR) is 189 cm³/mol. The molecule has 0 aliphatic carbocycles. The van der Waals surface area contributed by atoms with Crippen molar-refractivity contribution in [3.63, 3.8) is 0 Å². The number of carboxylic acids is 2. The molecule has 0 radical (unpaired) electrons. The van der Waals surface area contributed by atoms with Crippen molar-refractivity contribution in [1.29, 1.82) is 0 Å². The summed E-state index contributed by atoms with van der Waals surface area (Å²) in [5, 5.41) is 19.7.